The van der Waals surface area contributed by atoms with Gasteiger partial charge >= 0.3 is 0 Å². The van der Waals surface area contributed by atoms with E-state index in [4.69, 9.17) is 17.0 Å². The summed E-state index contributed by atoms with van der Waals surface area (Å²) in [6.07, 6.45) is 6.97. The van der Waals surface area contributed by atoms with Crippen LogP contribution in [0.1, 0.15) is 59.3 Å². The molecule has 24 heavy (non-hydrogen) atoms. The molecular formula is C18H30O3S3. The molecule has 1 aliphatic rings. The highest BCUT2D eigenvalue weighted by Crippen LogP contribution is 2.40. The van der Waals surface area contributed by atoms with Gasteiger partial charge in [-0.2, -0.15) is 0 Å². The second-order valence-corrected chi connectivity index (χ2v) is 9.70. The first-order valence-electron chi connectivity index (χ1n) is 8.78. The summed E-state index contributed by atoms with van der Waals surface area (Å²) in [5, 5.41) is 1.04. The average molecular weight is 391 g/mol. The molecule has 0 aliphatic heterocycles. The van der Waals surface area contributed by atoms with Crippen LogP contribution in [0.2, 0.25) is 0 Å². The van der Waals surface area contributed by atoms with Crippen molar-refractivity contribution < 1.29 is 14.3 Å². The largest absolute Gasteiger partial charge is 0.487 e. The molecule has 1 aliphatic carbocycles. The van der Waals surface area contributed by atoms with Gasteiger partial charge in [-0.3, -0.25) is 9.59 Å². The zero-order chi connectivity index (χ0) is 17.9. The van der Waals surface area contributed by atoms with Gasteiger partial charge in [-0.25, -0.2) is 0 Å². The van der Waals surface area contributed by atoms with E-state index in [2.05, 4.69) is 0 Å². The Hall–Kier alpha value is -0.0700. The van der Waals surface area contributed by atoms with Crippen LogP contribution in [0.3, 0.4) is 0 Å². The summed E-state index contributed by atoms with van der Waals surface area (Å²) in [6, 6.07) is 0. The van der Waals surface area contributed by atoms with Crippen molar-refractivity contribution in [3.63, 3.8) is 0 Å². The Morgan fingerprint density at radius 3 is 2.08 bits per heavy atom. The third-order valence-electron chi connectivity index (χ3n) is 4.67. The van der Waals surface area contributed by atoms with Crippen molar-refractivity contribution in [1.29, 1.82) is 0 Å². The molecule has 138 valence electrons. The van der Waals surface area contributed by atoms with Gasteiger partial charge in [0.2, 0.25) is 0 Å². The molecule has 0 amide bonds. The van der Waals surface area contributed by atoms with E-state index in [-0.39, 0.29) is 10.2 Å². The van der Waals surface area contributed by atoms with E-state index in [9.17, 15) is 9.59 Å². The second-order valence-electron chi connectivity index (χ2n) is 6.59. The van der Waals surface area contributed by atoms with Crippen LogP contribution in [0.25, 0.3) is 0 Å². The third kappa shape index (κ3) is 10.0. The van der Waals surface area contributed by atoms with Gasteiger partial charge in [0, 0.05) is 32.3 Å². The number of hydrogen-bond acceptors (Lipinski definition) is 6. The van der Waals surface area contributed by atoms with Gasteiger partial charge in [-0.05, 0) is 62.1 Å². The lowest BCUT2D eigenvalue weighted by atomic mass is 9.71. The average Bonchev–Trinajstić information content (AvgIpc) is 2.48. The molecule has 0 heterocycles. The summed E-state index contributed by atoms with van der Waals surface area (Å²) in [6.45, 7) is 5.82. The smallest absolute Gasteiger partial charge is 0.185 e. The lowest BCUT2D eigenvalue weighted by Crippen LogP contribution is -2.27. The molecule has 0 radical (unpaired) electrons. The van der Waals surface area contributed by atoms with E-state index in [0.717, 1.165) is 37.4 Å². The van der Waals surface area contributed by atoms with E-state index in [1.54, 1.807) is 13.8 Å². The standard InChI is InChI=1S/C18H30O3S3/c1-13(19)23-10-7-17-5-4-16(6-9-21-15(3)22)12-18(17)8-11-24-14(2)20/h16-18H,4-12H2,1-3H3/t16-,17+,18+/m1/s1. The third-order valence-corrected chi connectivity index (χ3v) is 6.48. The van der Waals surface area contributed by atoms with Gasteiger partial charge in [-0.1, -0.05) is 29.9 Å². The molecule has 1 saturated carbocycles. The molecule has 3 atom stereocenters. The molecule has 0 aromatic heterocycles. The van der Waals surface area contributed by atoms with Crippen molar-refractivity contribution in [3.8, 4) is 0 Å². The van der Waals surface area contributed by atoms with Crippen LogP contribution >= 0.6 is 35.7 Å². The van der Waals surface area contributed by atoms with Crippen LogP contribution in [0.5, 0.6) is 0 Å². The monoisotopic (exact) mass is 390 g/mol. The van der Waals surface area contributed by atoms with Crippen LogP contribution in [-0.2, 0) is 14.3 Å². The first-order valence-corrected chi connectivity index (χ1v) is 11.2. The lowest BCUT2D eigenvalue weighted by Gasteiger charge is -2.36. The van der Waals surface area contributed by atoms with Crippen LogP contribution < -0.4 is 0 Å². The Balaban J connectivity index is 2.46. The first-order chi connectivity index (χ1) is 11.4. The molecule has 0 bridgehead atoms. The number of rotatable bonds is 9. The van der Waals surface area contributed by atoms with Crippen molar-refractivity contribution in [3.05, 3.63) is 0 Å². The van der Waals surface area contributed by atoms with Gasteiger partial charge in [-0.15, -0.1) is 0 Å². The van der Waals surface area contributed by atoms with E-state index < -0.39 is 0 Å². The first kappa shape index (κ1) is 22.0. The minimum absolute atomic E-state index is 0.205. The molecule has 1 rings (SSSR count). The highest BCUT2D eigenvalue weighted by atomic mass is 32.2. The maximum absolute atomic E-state index is 11.2. The van der Waals surface area contributed by atoms with Crippen LogP contribution in [0.4, 0.5) is 0 Å². The zero-order valence-electron chi connectivity index (χ0n) is 15.0. The molecule has 0 saturated heterocycles. The maximum atomic E-state index is 11.2. The fraction of sp³-hybridized carbons (Fsp3) is 0.833. The summed E-state index contributed by atoms with van der Waals surface area (Å²) >= 11 is 7.85. The van der Waals surface area contributed by atoms with Crippen molar-refractivity contribution in [2.24, 2.45) is 17.8 Å². The molecule has 6 heteroatoms. The van der Waals surface area contributed by atoms with E-state index in [1.807, 2.05) is 6.92 Å². The lowest BCUT2D eigenvalue weighted by molar-refractivity contribution is -0.109. The Kier molecular flexibility index (Phi) is 11.3. The van der Waals surface area contributed by atoms with Gasteiger partial charge < -0.3 is 4.74 Å². The summed E-state index contributed by atoms with van der Waals surface area (Å²) < 4.78 is 5.45. The second kappa shape index (κ2) is 12.3. The molecule has 0 aromatic carbocycles. The summed E-state index contributed by atoms with van der Waals surface area (Å²) in [4.78, 5) is 22.3. The van der Waals surface area contributed by atoms with Crippen LogP contribution in [0.15, 0.2) is 0 Å². The normalized spacial score (nSPS) is 23.7. The molecule has 0 spiro atoms. The molecule has 3 nitrogen and oxygen atoms in total. The topological polar surface area (TPSA) is 43.4 Å². The number of hydrogen-bond donors (Lipinski definition) is 0. The highest BCUT2D eigenvalue weighted by Gasteiger charge is 2.30. The van der Waals surface area contributed by atoms with Crippen molar-refractivity contribution in [2.45, 2.75) is 59.3 Å². The molecule has 0 aromatic rings. The molecular weight excluding hydrogens is 360 g/mol. The predicted molar refractivity (Wildman–Crippen MR) is 109 cm³/mol. The summed E-state index contributed by atoms with van der Waals surface area (Å²) in [5.74, 6) is 3.89. The Morgan fingerprint density at radius 2 is 1.54 bits per heavy atom. The maximum Gasteiger partial charge on any atom is 0.185 e. The molecule has 1 fully saturated rings. The highest BCUT2D eigenvalue weighted by molar-refractivity contribution is 8.13. The minimum Gasteiger partial charge on any atom is -0.487 e. The van der Waals surface area contributed by atoms with Gasteiger partial charge in [0.25, 0.3) is 0 Å². The number of thiocarbonyl (C=S) groups is 1. The SMILES string of the molecule is CC(=O)SCC[C@@H]1CC[C@H](CCOC(C)=S)C[C@@H]1CCSC(C)=O. The zero-order valence-corrected chi connectivity index (χ0v) is 17.5. The Bertz CT molecular complexity index is 426. The number of carbonyl (C=O) groups excluding carboxylic acids is 2. The van der Waals surface area contributed by atoms with Crippen molar-refractivity contribution in [1.82, 2.24) is 0 Å². The quantitative estimate of drug-likeness (QED) is 0.510. The van der Waals surface area contributed by atoms with Gasteiger partial charge in [0.15, 0.2) is 15.3 Å². The number of ether oxygens (including phenoxy) is 1. The molecule has 0 unspecified atom stereocenters. The summed E-state index contributed by atoms with van der Waals surface area (Å²) in [5.41, 5.74) is 0. The number of carbonyl (C=O) groups is 2. The van der Waals surface area contributed by atoms with Crippen LogP contribution in [0, 0.1) is 17.8 Å². The van der Waals surface area contributed by atoms with Crippen molar-refractivity contribution in [2.75, 3.05) is 18.1 Å². The minimum atomic E-state index is 0.205. The van der Waals surface area contributed by atoms with Gasteiger partial charge in [0.05, 0.1) is 6.61 Å². The van der Waals surface area contributed by atoms with Crippen molar-refractivity contribution >= 4 is 51.0 Å². The fourth-order valence-electron chi connectivity index (χ4n) is 3.50. The molecule has 0 N–H and O–H groups in total. The predicted octanol–water partition coefficient (Wildman–Crippen LogP) is 5.11. The Morgan fingerprint density at radius 1 is 0.958 bits per heavy atom. The van der Waals surface area contributed by atoms with Crippen LogP contribution in [-0.4, -0.2) is 33.4 Å². The van der Waals surface area contributed by atoms with Gasteiger partial charge in [0.1, 0.15) is 0 Å². The Labute approximate surface area is 160 Å². The van der Waals surface area contributed by atoms with E-state index >= 15 is 0 Å². The number of thioether (sulfide) groups is 2. The fourth-order valence-corrected chi connectivity index (χ4v) is 5.00. The van der Waals surface area contributed by atoms with E-state index in [1.165, 1.54) is 42.8 Å². The van der Waals surface area contributed by atoms with E-state index in [0.29, 0.717) is 22.8 Å². The summed E-state index contributed by atoms with van der Waals surface area (Å²) in [7, 11) is 0.